The van der Waals surface area contributed by atoms with E-state index in [-0.39, 0.29) is 37.5 Å². The highest BCUT2D eigenvalue weighted by atomic mass is 16.5. The van der Waals surface area contributed by atoms with E-state index in [2.05, 4.69) is 22.8 Å². The minimum atomic E-state index is -1.07. The van der Waals surface area contributed by atoms with Gasteiger partial charge in [0.25, 0.3) is 0 Å². The van der Waals surface area contributed by atoms with Crippen LogP contribution in [0.1, 0.15) is 37.3 Å². The molecule has 0 radical (unpaired) electrons. The highest BCUT2D eigenvalue weighted by Gasteiger charge is 2.30. The summed E-state index contributed by atoms with van der Waals surface area (Å²) in [6.07, 6.45) is -0.216. The fourth-order valence-corrected chi connectivity index (χ4v) is 4.01. The van der Waals surface area contributed by atoms with E-state index < -0.39 is 24.7 Å². The normalized spacial score (nSPS) is 13.2. The zero-order valence-corrected chi connectivity index (χ0v) is 18.9. The van der Waals surface area contributed by atoms with Crippen molar-refractivity contribution in [3.8, 4) is 11.1 Å². The first-order valence-corrected chi connectivity index (χ1v) is 11.1. The van der Waals surface area contributed by atoms with Crippen LogP contribution in [0.5, 0.6) is 0 Å². The molecule has 1 aliphatic carbocycles. The maximum absolute atomic E-state index is 12.6. The summed E-state index contributed by atoms with van der Waals surface area (Å²) in [5.74, 6) is -1.34. The van der Waals surface area contributed by atoms with Crippen LogP contribution in [0.25, 0.3) is 11.1 Å². The summed E-state index contributed by atoms with van der Waals surface area (Å²) in [6.45, 7) is 3.86. The summed E-state index contributed by atoms with van der Waals surface area (Å²) in [4.78, 5) is 35.6. The first kappa shape index (κ1) is 24.3. The van der Waals surface area contributed by atoms with Crippen LogP contribution in [-0.2, 0) is 19.1 Å². The van der Waals surface area contributed by atoms with Crippen LogP contribution >= 0.6 is 0 Å². The van der Waals surface area contributed by atoms with E-state index >= 15 is 0 Å². The van der Waals surface area contributed by atoms with Crippen molar-refractivity contribution < 1.29 is 29.0 Å². The van der Waals surface area contributed by atoms with Gasteiger partial charge in [0.2, 0.25) is 5.91 Å². The molecule has 0 spiro atoms. The van der Waals surface area contributed by atoms with Crippen molar-refractivity contribution in [1.82, 2.24) is 10.6 Å². The van der Waals surface area contributed by atoms with Gasteiger partial charge in [0.1, 0.15) is 19.3 Å². The number of carboxylic acids is 1. The number of nitrogens with one attached hydrogen (secondary N) is 2. The molecule has 3 N–H and O–H groups in total. The Kier molecular flexibility index (Phi) is 8.43. The van der Waals surface area contributed by atoms with Crippen molar-refractivity contribution >= 4 is 18.0 Å². The van der Waals surface area contributed by atoms with E-state index in [1.165, 1.54) is 0 Å². The standard InChI is InChI=1S/C25H30N2O6/c1-16(2)13-22(24(30)26-11-12-32-15-23(28)29)27-25(31)33-14-21-19-9-5-3-7-17(19)18-8-4-6-10-20(18)21/h3-10,16,21-22H,11-15H2,1-2H3,(H,26,30)(H,27,31)(H,28,29). The summed E-state index contributed by atoms with van der Waals surface area (Å²) in [6, 6.07) is 15.4. The number of ether oxygens (including phenoxy) is 2. The Labute approximate surface area is 193 Å². The van der Waals surface area contributed by atoms with Crippen LogP contribution in [0.2, 0.25) is 0 Å². The van der Waals surface area contributed by atoms with E-state index in [0.29, 0.717) is 6.42 Å². The molecule has 3 rings (SSSR count). The van der Waals surface area contributed by atoms with Gasteiger partial charge in [-0.15, -0.1) is 0 Å². The Morgan fingerprint density at radius 1 is 1.00 bits per heavy atom. The van der Waals surface area contributed by atoms with Crippen molar-refractivity contribution in [1.29, 1.82) is 0 Å². The van der Waals surface area contributed by atoms with Crippen molar-refractivity contribution in [2.24, 2.45) is 5.92 Å². The summed E-state index contributed by atoms with van der Waals surface area (Å²) in [5.41, 5.74) is 4.52. The summed E-state index contributed by atoms with van der Waals surface area (Å²) in [7, 11) is 0. The molecule has 33 heavy (non-hydrogen) atoms. The second kappa shape index (κ2) is 11.5. The van der Waals surface area contributed by atoms with Gasteiger partial charge in [-0.25, -0.2) is 9.59 Å². The molecule has 0 aliphatic heterocycles. The molecule has 0 fully saturated rings. The molecule has 0 aromatic heterocycles. The quantitative estimate of drug-likeness (QED) is 0.450. The Bertz CT molecular complexity index is 945. The van der Waals surface area contributed by atoms with Gasteiger partial charge < -0.3 is 25.2 Å². The number of carboxylic acid groups (broad SMARTS) is 1. The van der Waals surface area contributed by atoms with Gasteiger partial charge in [0.05, 0.1) is 6.61 Å². The number of benzene rings is 2. The van der Waals surface area contributed by atoms with Crippen molar-refractivity contribution in [3.05, 3.63) is 59.7 Å². The molecule has 1 aliphatic rings. The van der Waals surface area contributed by atoms with Crippen molar-refractivity contribution in [3.63, 3.8) is 0 Å². The first-order valence-electron chi connectivity index (χ1n) is 11.1. The topological polar surface area (TPSA) is 114 Å². The maximum atomic E-state index is 12.6. The molecular formula is C25H30N2O6. The molecule has 2 amide bonds. The van der Waals surface area contributed by atoms with Crippen molar-refractivity contribution in [2.75, 3.05) is 26.4 Å². The van der Waals surface area contributed by atoms with E-state index in [0.717, 1.165) is 22.3 Å². The molecule has 1 atom stereocenters. The van der Waals surface area contributed by atoms with Gasteiger partial charge in [-0.3, -0.25) is 4.79 Å². The van der Waals surface area contributed by atoms with Crippen LogP contribution in [0.15, 0.2) is 48.5 Å². The molecule has 176 valence electrons. The molecule has 0 saturated carbocycles. The molecule has 0 heterocycles. The average molecular weight is 455 g/mol. The minimum Gasteiger partial charge on any atom is -0.480 e. The number of fused-ring (bicyclic) bond motifs is 3. The predicted octanol–water partition coefficient (Wildman–Crippen LogP) is 3.16. The molecule has 8 nitrogen and oxygen atoms in total. The monoisotopic (exact) mass is 454 g/mol. The lowest BCUT2D eigenvalue weighted by molar-refractivity contribution is -0.142. The smallest absolute Gasteiger partial charge is 0.407 e. The summed E-state index contributed by atoms with van der Waals surface area (Å²) < 4.78 is 10.5. The van der Waals surface area contributed by atoms with Crippen LogP contribution in [0, 0.1) is 5.92 Å². The first-order chi connectivity index (χ1) is 15.9. The number of amides is 2. The largest absolute Gasteiger partial charge is 0.480 e. The van der Waals surface area contributed by atoms with Crippen molar-refractivity contribution in [2.45, 2.75) is 32.2 Å². The van der Waals surface area contributed by atoms with E-state index in [1.807, 2.05) is 50.2 Å². The number of aliphatic carboxylic acids is 1. The zero-order valence-electron chi connectivity index (χ0n) is 18.9. The SMILES string of the molecule is CC(C)CC(NC(=O)OCC1c2ccccc2-c2ccccc21)C(=O)NCCOCC(=O)O. The lowest BCUT2D eigenvalue weighted by Gasteiger charge is -2.21. The second-order valence-corrected chi connectivity index (χ2v) is 8.39. The minimum absolute atomic E-state index is 0.0630. The molecule has 2 aromatic rings. The van der Waals surface area contributed by atoms with E-state index in [1.54, 1.807) is 0 Å². The number of hydrogen-bond donors (Lipinski definition) is 3. The zero-order chi connectivity index (χ0) is 23.8. The molecule has 2 aromatic carbocycles. The maximum Gasteiger partial charge on any atom is 0.407 e. The van der Waals surface area contributed by atoms with Gasteiger partial charge in [0, 0.05) is 12.5 Å². The second-order valence-electron chi connectivity index (χ2n) is 8.39. The number of hydrogen-bond acceptors (Lipinski definition) is 5. The number of rotatable bonds is 11. The highest BCUT2D eigenvalue weighted by molar-refractivity contribution is 5.85. The third kappa shape index (κ3) is 6.55. The lowest BCUT2D eigenvalue weighted by atomic mass is 9.98. The van der Waals surface area contributed by atoms with Gasteiger partial charge >= 0.3 is 12.1 Å². The van der Waals surface area contributed by atoms with Gasteiger partial charge in [-0.1, -0.05) is 62.4 Å². The molecule has 0 saturated heterocycles. The lowest BCUT2D eigenvalue weighted by Crippen LogP contribution is -2.48. The molecular weight excluding hydrogens is 424 g/mol. The molecule has 0 bridgehead atoms. The van der Waals surface area contributed by atoms with Crippen LogP contribution in [0.3, 0.4) is 0 Å². The van der Waals surface area contributed by atoms with E-state index in [4.69, 9.17) is 14.6 Å². The fraction of sp³-hybridized carbons (Fsp3) is 0.400. The number of carbonyl (C=O) groups excluding carboxylic acids is 2. The predicted molar refractivity (Wildman–Crippen MR) is 123 cm³/mol. The third-order valence-electron chi connectivity index (χ3n) is 5.43. The van der Waals surface area contributed by atoms with E-state index in [9.17, 15) is 14.4 Å². The molecule has 8 heteroatoms. The Hall–Kier alpha value is -3.39. The Morgan fingerprint density at radius 2 is 1.61 bits per heavy atom. The van der Waals surface area contributed by atoms with Gasteiger partial charge in [-0.05, 0) is 34.6 Å². The number of carbonyl (C=O) groups is 3. The Morgan fingerprint density at radius 3 is 2.18 bits per heavy atom. The fourth-order valence-electron chi connectivity index (χ4n) is 4.01. The van der Waals surface area contributed by atoms with Crippen LogP contribution in [0.4, 0.5) is 4.79 Å². The van der Waals surface area contributed by atoms with Gasteiger partial charge in [-0.2, -0.15) is 0 Å². The molecule has 1 unspecified atom stereocenters. The average Bonchev–Trinajstić information content (AvgIpc) is 3.10. The highest BCUT2D eigenvalue weighted by Crippen LogP contribution is 2.44. The number of alkyl carbamates (subject to hydrolysis) is 1. The van der Waals surface area contributed by atoms with Gasteiger partial charge in [0.15, 0.2) is 0 Å². The third-order valence-corrected chi connectivity index (χ3v) is 5.43. The Balaban J connectivity index is 1.56. The van der Waals surface area contributed by atoms with Crippen LogP contribution in [-0.4, -0.2) is 55.5 Å². The summed E-state index contributed by atoms with van der Waals surface area (Å²) in [5, 5.41) is 13.9. The van der Waals surface area contributed by atoms with Crippen LogP contribution < -0.4 is 10.6 Å². The summed E-state index contributed by atoms with van der Waals surface area (Å²) >= 11 is 0.